The first-order valence-electron chi connectivity index (χ1n) is 6.97. The number of aryl methyl sites for hydroxylation is 2. The molecule has 1 aromatic heterocycles. The first-order valence-corrected chi connectivity index (χ1v) is 7.79. The topological polar surface area (TPSA) is 42.0 Å². The summed E-state index contributed by atoms with van der Waals surface area (Å²) in [4.78, 5) is 18.1. The van der Waals surface area contributed by atoms with Crippen LogP contribution >= 0.6 is 11.3 Å². The zero-order chi connectivity index (χ0) is 14.5. The molecule has 0 bridgehead atoms. The van der Waals surface area contributed by atoms with Crippen LogP contribution in [0.5, 0.6) is 0 Å². The van der Waals surface area contributed by atoms with Gasteiger partial charge in [-0.3, -0.25) is 4.79 Å². The Bertz CT molecular complexity index is 577. The Morgan fingerprint density at radius 1 is 1.30 bits per heavy atom. The van der Waals surface area contributed by atoms with Gasteiger partial charge < -0.3 is 5.32 Å². The lowest BCUT2D eigenvalue weighted by atomic mass is 9.96. The fourth-order valence-corrected chi connectivity index (χ4v) is 3.17. The van der Waals surface area contributed by atoms with Gasteiger partial charge in [0.2, 0.25) is 5.91 Å². The van der Waals surface area contributed by atoms with Gasteiger partial charge in [-0.15, -0.1) is 11.3 Å². The van der Waals surface area contributed by atoms with E-state index in [9.17, 15) is 4.79 Å². The van der Waals surface area contributed by atoms with Crippen LogP contribution in [0.15, 0.2) is 30.3 Å². The maximum atomic E-state index is 12.4. The molecule has 0 spiro atoms. The monoisotopic (exact) mass is 288 g/mol. The smallest absolute Gasteiger partial charge is 0.233 e. The van der Waals surface area contributed by atoms with Crippen molar-refractivity contribution in [2.24, 2.45) is 0 Å². The van der Waals surface area contributed by atoms with Crippen LogP contribution in [0.2, 0.25) is 0 Å². The summed E-state index contributed by atoms with van der Waals surface area (Å²) < 4.78 is 0. The summed E-state index contributed by atoms with van der Waals surface area (Å²) in [6.07, 6.45) is 1.68. The summed E-state index contributed by atoms with van der Waals surface area (Å²) in [5.41, 5.74) is 2.12. The molecule has 1 amide bonds. The molecule has 106 valence electrons. The lowest BCUT2D eigenvalue weighted by Gasteiger charge is -2.14. The number of nitrogens with one attached hydrogen (secondary N) is 1. The highest BCUT2D eigenvalue weighted by atomic mass is 32.1. The molecular weight excluding hydrogens is 268 g/mol. The Kier molecular flexibility index (Phi) is 4.90. The highest BCUT2D eigenvalue weighted by Gasteiger charge is 2.19. The minimum atomic E-state index is -0.120. The molecule has 1 atom stereocenters. The van der Waals surface area contributed by atoms with Gasteiger partial charge >= 0.3 is 0 Å². The maximum absolute atomic E-state index is 12.4. The predicted octanol–water partition coefficient (Wildman–Crippen LogP) is 4.15. The van der Waals surface area contributed by atoms with Crippen LogP contribution in [0.1, 0.15) is 42.3 Å². The predicted molar refractivity (Wildman–Crippen MR) is 84.3 cm³/mol. The largest absolute Gasteiger partial charge is 0.301 e. The van der Waals surface area contributed by atoms with E-state index in [4.69, 9.17) is 0 Å². The molecule has 0 aliphatic heterocycles. The molecule has 0 fully saturated rings. The van der Waals surface area contributed by atoms with Crippen molar-refractivity contribution < 1.29 is 4.79 Å². The number of amides is 1. The Morgan fingerprint density at radius 3 is 2.55 bits per heavy atom. The van der Waals surface area contributed by atoms with Gasteiger partial charge in [-0.25, -0.2) is 4.98 Å². The Labute approximate surface area is 124 Å². The van der Waals surface area contributed by atoms with Gasteiger partial charge in [0.15, 0.2) is 5.13 Å². The number of benzene rings is 1. The maximum Gasteiger partial charge on any atom is 0.233 e. The quantitative estimate of drug-likeness (QED) is 0.898. The number of nitrogens with zero attached hydrogens (tertiary/aromatic N) is 1. The van der Waals surface area contributed by atoms with Gasteiger partial charge in [-0.1, -0.05) is 44.2 Å². The van der Waals surface area contributed by atoms with E-state index < -0.39 is 0 Å². The van der Waals surface area contributed by atoms with Crippen molar-refractivity contribution in [3.8, 4) is 0 Å². The average Bonchev–Trinajstić information content (AvgIpc) is 2.80. The molecule has 3 nitrogen and oxygen atoms in total. The van der Waals surface area contributed by atoms with E-state index in [0.29, 0.717) is 5.13 Å². The number of hydrogen-bond acceptors (Lipinski definition) is 3. The molecule has 0 aliphatic rings. The zero-order valence-corrected chi connectivity index (χ0v) is 13.0. The Morgan fingerprint density at radius 2 is 2.00 bits per heavy atom. The van der Waals surface area contributed by atoms with E-state index >= 15 is 0 Å². The lowest BCUT2D eigenvalue weighted by molar-refractivity contribution is -0.117. The summed E-state index contributed by atoms with van der Waals surface area (Å²) in [5.74, 6) is -0.0967. The number of carbonyl (C=O) groups is 1. The summed E-state index contributed by atoms with van der Waals surface area (Å²) in [6, 6.07) is 9.89. The first-order chi connectivity index (χ1) is 9.65. The molecule has 4 heteroatoms. The highest BCUT2D eigenvalue weighted by molar-refractivity contribution is 7.15. The fraction of sp³-hybridized carbons (Fsp3) is 0.375. The van der Waals surface area contributed by atoms with Crippen LogP contribution in [-0.2, 0) is 11.2 Å². The van der Waals surface area contributed by atoms with Crippen molar-refractivity contribution in [2.75, 3.05) is 5.32 Å². The number of hydrogen-bond donors (Lipinski definition) is 1. The Balaban J connectivity index is 2.13. The normalized spacial score (nSPS) is 12.2. The summed E-state index contributed by atoms with van der Waals surface area (Å²) in [7, 11) is 0. The van der Waals surface area contributed by atoms with Crippen LogP contribution in [0.25, 0.3) is 0 Å². The molecule has 0 aliphatic carbocycles. The van der Waals surface area contributed by atoms with Crippen molar-refractivity contribution in [2.45, 2.75) is 39.5 Å². The molecule has 1 heterocycles. The van der Waals surface area contributed by atoms with Gasteiger partial charge in [-0.05, 0) is 25.3 Å². The third-order valence-corrected chi connectivity index (χ3v) is 4.31. The van der Waals surface area contributed by atoms with Crippen molar-refractivity contribution in [1.29, 1.82) is 0 Å². The molecule has 0 saturated heterocycles. The standard InChI is InChI=1S/C16H20N2OS/c1-4-13(12-9-7-6-8-10-12)15(19)18-16-17-14(5-2)11(3)20-16/h6-10,13H,4-5H2,1-3H3,(H,17,18,19). The molecule has 2 aromatic rings. The zero-order valence-electron chi connectivity index (χ0n) is 12.1. The van der Waals surface area contributed by atoms with Crippen LogP contribution in [-0.4, -0.2) is 10.9 Å². The molecule has 2 rings (SSSR count). The van der Waals surface area contributed by atoms with Gasteiger partial charge in [0, 0.05) is 4.88 Å². The van der Waals surface area contributed by atoms with Crippen molar-refractivity contribution in [1.82, 2.24) is 4.98 Å². The summed E-state index contributed by atoms with van der Waals surface area (Å²) >= 11 is 1.55. The summed E-state index contributed by atoms with van der Waals surface area (Å²) in [5, 5.41) is 3.66. The van der Waals surface area contributed by atoms with Crippen LogP contribution in [0, 0.1) is 6.92 Å². The van der Waals surface area contributed by atoms with E-state index in [0.717, 1.165) is 24.1 Å². The van der Waals surface area contributed by atoms with Crippen molar-refractivity contribution in [3.05, 3.63) is 46.5 Å². The molecule has 0 saturated carbocycles. The van der Waals surface area contributed by atoms with E-state index in [2.05, 4.69) is 17.2 Å². The van der Waals surface area contributed by atoms with Crippen molar-refractivity contribution >= 4 is 22.4 Å². The van der Waals surface area contributed by atoms with Gasteiger partial charge in [0.05, 0.1) is 11.6 Å². The molecule has 1 N–H and O–H groups in total. The second-order valence-electron chi connectivity index (χ2n) is 4.74. The second-order valence-corrected chi connectivity index (χ2v) is 5.94. The van der Waals surface area contributed by atoms with Gasteiger partial charge in [-0.2, -0.15) is 0 Å². The highest BCUT2D eigenvalue weighted by Crippen LogP contribution is 2.25. The molecular formula is C16H20N2OS. The third-order valence-electron chi connectivity index (χ3n) is 3.38. The first kappa shape index (κ1) is 14.7. The lowest BCUT2D eigenvalue weighted by Crippen LogP contribution is -2.20. The van der Waals surface area contributed by atoms with Crippen LogP contribution in [0.4, 0.5) is 5.13 Å². The number of carbonyl (C=O) groups excluding carboxylic acids is 1. The van der Waals surface area contributed by atoms with E-state index in [-0.39, 0.29) is 11.8 Å². The SMILES string of the molecule is CCc1nc(NC(=O)C(CC)c2ccccc2)sc1C. The van der Waals surface area contributed by atoms with Gasteiger partial charge in [0.1, 0.15) is 0 Å². The van der Waals surface area contributed by atoms with Crippen LogP contribution in [0.3, 0.4) is 0 Å². The average molecular weight is 288 g/mol. The Hall–Kier alpha value is -1.68. The number of aromatic nitrogens is 1. The van der Waals surface area contributed by atoms with E-state index in [1.807, 2.05) is 44.2 Å². The third kappa shape index (κ3) is 3.25. The second kappa shape index (κ2) is 6.66. The number of rotatable bonds is 5. The molecule has 0 radical (unpaired) electrons. The van der Waals surface area contributed by atoms with Crippen LogP contribution < -0.4 is 5.32 Å². The van der Waals surface area contributed by atoms with Gasteiger partial charge in [0.25, 0.3) is 0 Å². The van der Waals surface area contributed by atoms with E-state index in [1.54, 1.807) is 11.3 Å². The minimum Gasteiger partial charge on any atom is -0.301 e. The molecule has 1 unspecified atom stereocenters. The summed E-state index contributed by atoms with van der Waals surface area (Å²) in [6.45, 7) is 6.15. The molecule has 20 heavy (non-hydrogen) atoms. The fourth-order valence-electron chi connectivity index (χ4n) is 2.26. The molecule has 1 aromatic carbocycles. The minimum absolute atomic E-state index is 0.0232. The number of anilines is 1. The number of thiazole rings is 1. The van der Waals surface area contributed by atoms with E-state index in [1.165, 1.54) is 4.88 Å². The van der Waals surface area contributed by atoms with Crippen molar-refractivity contribution in [3.63, 3.8) is 0 Å².